The van der Waals surface area contributed by atoms with Crippen LogP contribution in [-0.2, 0) is 6.54 Å². The molecular formula is C31H32FN7O. The van der Waals surface area contributed by atoms with Crippen LogP contribution in [0.4, 0.5) is 4.39 Å². The number of H-pyrrole nitrogens is 1. The Bertz CT molecular complexity index is 1780. The molecule has 2 aliphatic heterocycles. The quantitative estimate of drug-likeness (QED) is 0.409. The van der Waals surface area contributed by atoms with Crippen molar-refractivity contribution in [3.63, 3.8) is 0 Å². The molecule has 1 amide bonds. The number of rotatable bonds is 5. The molecule has 4 heterocycles. The lowest BCUT2D eigenvalue weighted by Crippen LogP contribution is -2.39. The lowest BCUT2D eigenvalue weighted by molar-refractivity contribution is 0.0827. The van der Waals surface area contributed by atoms with Crippen LogP contribution in [0.5, 0.6) is 0 Å². The predicted molar refractivity (Wildman–Crippen MR) is 152 cm³/mol. The van der Waals surface area contributed by atoms with Gasteiger partial charge in [0.25, 0.3) is 5.91 Å². The van der Waals surface area contributed by atoms with Gasteiger partial charge in [-0.25, -0.2) is 4.39 Å². The number of piperidine rings is 1. The van der Waals surface area contributed by atoms with Crippen molar-refractivity contribution in [3.05, 3.63) is 87.1 Å². The van der Waals surface area contributed by atoms with E-state index in [1.807, 2.05) is 16.8 Å². The van der Waals surface area contributed by atoms with Crippen molar-refractivity contribution in [3.8, 4) is 11.8 Å². The van der Waals surface area contributed by atoms with Crippen LogP contribution in [-0.4, -0.2) is 59.1 Å². The minimum atomic E-state index is -0.439. The van der Waals surface area contributed by atoms with Crippen molar-refractivity contribution in [2.75, 3.05) is 33.9 Å². The van der Waals surface area contributed by atoms with E-state index in [0.29, 0.717) is 29.5 Å². The number of nitrogens with zero attached hydrogens (tertiary/aromatic N) is 5. The van der Waals surface area contributed by atoms with Crippen LogP contribution in [0.15, 0.2) is 47.6 Å². The Morgan fingerprint density at radius 3 is 2.75 bits per heavy atom. The Labute approximate surface area is 232 Å². The van der Waals surface area contributed by atoms with Crippen LogP contribution in [0.2, 0.25) is 0 Å². The van der Waals surface area contributed by atoms with E-state index in [4.69, 9.17) is 4.99 Å². The number of benzene rings is 2. The van der Waals surface area contributed by atoms with E-state index in [1.54, 1.807) is 20.2 Å². The molecule has 8 nitrogen and oxygen atoms in total. The van der Waals surface area contributed by atoms with Gasteiger partial charge in [0.05, 0.1) is 22.0 Å². The summed E-state index contributed by atoms with van der Waals surface area (Å²) >= 11 is 0. The third kappa shape index (κ3) is 4.54. The maximum Gasteiger partial charge on any atom is 0.255 e. The summed E-state index contributed by atoms with van der Waals surface area (Å²) in [6.45, 7) is 5.42. The molecule has 2 aliphatic rings. The number of aromatic nitrogens is 2. The van der Waals surface area contributed by atoms with Crippen LogP contribution in [0.1, 0.15) is 51.5 Å². The van der Waals surface area contributed by atoms with Gasteiger partial charge >= 0.3 is 0 Å². The second-order valence-corrected chi connectivity index (χ2v) is 10.9. The summed E-state index contributed by atoms with van der Waals surface area (Å²) < 4.78 is 16.2. The Hall–Kier alpha value is -4.42. The fourth-order valence-electron chi connectivity index (χ4n) is 6.01. The molecule has 40 heavy (non-hydrogen) atoms. The zero-order chi connectivity index (χ0) is 28.0. The maximum absolute atomic E-state index is 14.2. The number of amides is 1. The fourth-order valence-corrected chi connectivity index (χ4v) is 6.01. The van der Waals surface area contributed by atoms with Gasteiger partial charge in [0.1, 0.15) is 24.2 Å². The summed E-state index contributed by atoms with van der Waals surface area (Å²) in [6.07, 6.45) is 6.02. The number of hydrogen-bond acceptors (Lipinski definition) is 5. The average molecular weight is 538 g/mol. The van der Waals surface area contributed by atoms with E-state index in [1.165, 1.54) is 33.7 Å². The number of aromatic amines is 1. The molecule has 0 unspecified atom stereocenters. The number of carbonyl (C=O) groups is 1. The van der Waals surface area contributed by atoms with Crippen molar-refractivity contribution < 1.29 is 9.18 Å². The van der Waals surface area contributed by atoms with E-state index in [-0.39, 0.29) is 5.91 Å². The van der Waals surface area contributed by atoms with Gasteiger partial charge < -0.3 is 19.8 Å². The van der Waals surface area contributed by atoms with Crippen molar-refractivity contribution in [1.82, 2.24) is 24.7 Å². The molecule has 0 spiro atoms. The first-order valence-electron chi connectivity index (χ1n) is 13.6. The molecule has 9 heteroatoms. The molecule has 0 atom stereocenters. The van der Waals surface area contributed by atoms with Gasteiger partial charge in [-0.3, -0.25) is 14.7 Å². The molecule has 0 radical (unpaired) electrons. The van der Waals surface area contributed by atoms with E-state index in [0.717, 1.165) is 54.1 Å². The third-order valence-corrected chi connectivity index (χ3v) is 8.19. The minimum absolute atomic E-state index is 0.246. The number of fused-ring (bicyclic) bond motifs is 2. The van der Waals surface area contributed by atoms with Crippen LogP contribution in [0.3, 0.4) is 0 Å². The van der Waals surface area contributed by atoms with E-state index in [2.05, 4.69) is 46.5 Å². The molecule has 1 saturated heterocycles. The van der Waals surface area contributed by atoms with Gasteiger partial charge in [0.2, 0.25) is 0 Å². The lowest BCUT2D eigenvalue weighted by Gasteiger charge is -2.32. The molecule has 2 aromatic carbocycles. The van der Waals surface area contributed by atoms with Gasteiger partial charge in [0, 0.05) is 43.9 Å². The summed E-state index contributed by atoms with van der Waals surface area (Å²) in [5, 5.41) is 15.4. The Balaban J connectivity index is 1.26. The van der Waals surface area contributed by atoms with Gasteiger partial charge in [-0.1, -0.05) is 6.07 Å². The minimum Gasteiger partial charge on any atom is -0.370 e. The van der Waals surface area contributed by atoms with E-state index in [9.17, 15) is 14.4 Å². The highest BCUT2D eigenvalue weighted by molar-refractivity contribution is 5.97. The first-order valence-corrected chi connectivity index (χ1v) is 13.6. The smallest absolute Gasteiger partial charge is 0.255 e. The van der Waals surface area contributed by atoms with Crippen molar-refractivity contribution in [2.45, 2.75) is 32.2 Å². The topological polar surface area (TPSA) is 92.4 Å². The molecule has 204 valence electrons. The Morgan fingerprint density at radius 2 is 2.00 bits per heavy atom. The largest absolute Gasteiger partial charge is 0.370 e. The zero-order valence-electron chi connectivity index (χ0n) is 23.0. The highest BCUT2D eigenvalue weighted by Gasteiger charge is 2.26. The number of likely N-dealkylation sites (tertiary alicyclic amines) is 1. The number of nitriles is 1. The SMILES string of the molecule is Cc1c(CN2CCC(c3cn(-c4ccc(F)cc4C(=O)N(C)C)c4c3=NCNC=4)CC2)ccc2[nH]c(C#N)cc12. The number of nitrogens with one attached hydrogen (secondary N) is 2. The molecule has 0 aliphatic carbocycles. The number of hydrogen-bond donors (Lipinski definition) is 2. The average Bonchev–Trinajstić information content (AvgIpc) is 3.57. The van der Waals surface area contributed by atoms with Crippen LogP contribution < -0.4 is 16.0 Å². The molecule has 6 rings (SSSR count). The molecule has 4 aromatic rings. The molecule has 2 N–H and O–H groups in total. The third-order valence-electron chi connectivity index (χ3n) is 8.19. The van der Waals surface area contributed by atoms with Gasteiger partial charge in [0.15, 0.2) is 0 Å². The Morgan fingerprint density at radius 1 is 1.20 bits per heavy atom. The van der Waals surface area contributed by atoms with Gasteiger partial charge in [-0.05, 0) is 85.8 Å². The monoisotopic (exact) mass is 537 g/mol. The normalized spacial score (nSPS) is 15.6. The van der Waals surface area contributed by atoms with Crippen molar-refractivity contribution in [2.24, 2.45) is 4.99 Å². The van der Waals surface area contributed by atoms with Crippen molar-refractivity contribution >= 4 is 23.0 Å². The number of halogens is 1. The fraction of sp³-hybridized carbons (Fsp3) is 0.323. The number of carbonyl (C=O) groups excluding carboxylic acids is 1. The molecule has 2 aromatic heterocycles. The molecule has 1 fully saturated rings. The van der Waals surface area contributed by atoms with Crippen molar-refractivity contribution in [1.29, 1.82) is 5.26 Å². The second-order valence-electron chi connectivity index (χ2n) is 10.9. The standard InChI is InChI=1S/C31H32FN7O/c1-19-21(4-6-27-24(19)13-23(14-33)36-27)16-38-10-8-20(9-11-38)26-17-39(29-15-34-18-35-30(26)29)28-7-5-22(32)12-25(28)31(40)37(2)3/h4-7,12-13,15,17,20,34,36H,8-11,16,18H2,1-3H3. The van der Waals surface area contributed by atoms with E-state index < -0.39 is 5.82 Å². The summed E-state index contributed by atoms with van der Waals surface area (Å²) in [4.78, 5) is 24.9. The van der Waals surface area contributed by atoms with E-state index >= 15 is 0 Å². The second kappa shape index (κ2) is 10.3. The maximum atomic E-state index is 14.2. The highest BCUT2D eigenvalue weighted by atomic mass is 19.1. The zero-order valence-corrected chi connectivity index (χ0v) is 23.0. The lowest BCUT2D eigenvalue weighted by atomic mass is 9.90. The molecular weight excluding hydrogens is 505 g/mol. The molecule has 0 bridgehead atoms. The first kappa shape index (κ1) is 25.8. The Kier molecular flexibility index (Phi) is 6.64. The highest BCUT2D eigenvalue weighted by Crippen LogP contribution is 2.29. The molecule has 0 saturated carbocycles. The van der Waals surface area contributed by atoms with Crippen LogP contribution in [0, 0.1) is 24.1 Å². The summed E-state index contributed by atoms with van der Waals surface area (Å²) in [5.74, 6) is -0.350. The van der Waals surface area contributed by atoms with Gasteiger partial charge in [-0.2, -0.15) is 5.26 Å². The number of aryl methyl sites for hydroxylation is 1. The summed E-state index contributed by atoms with van der Waals surface area (Å²) in [5.41, 5.74) is 6.22. The summed E-state index contributed by atoms with van der Waals surface area (Å²) in [6, 6.07) is 12.7. The predicted octanol–water partition coefficient (Wildman–Crippen LogP) is 3.28. The van der Waals surface area contributed by atoms with Gasteiger partial charge in [-0.15, -0.1) is 0 Å². The summed E-state index contributed by atoms with van der Waals surface area (Å²) in [7, 11) is 3.34. The first-order chi connectivity index (χ1) is 19.3. The van der Waals surface area contributed by atoms with Crippen LogP contribution in [0.25, 0.3) is 22.8 Å². The van der Waals surface area contributed by atoms with Crippen LogP contribution >= 0.6 is 0 Å².